The van der Waals surface area contributed by atoms with Crippen LogP contribution in [-0.2, 0) is 19.1 Å². The van der Waals surface area contributed by atoms with Gasteiger partial charge in [-0.15, -0.1) is 0 Å². The lowest BCUT2D eigenvalue weighted by atomic mass is 10.1. The van der Waals surface area contributed by atoms with E-state index in [4.69, 9.17) is 15.6 Å². The van der Waals surface area contributed by atoms with Gasteiger partial charge in [0.25, 0.3) is 0 Å². The molecule has 0 saturated carbocycles. The van der Waals surface area contributed by atoms with Gasteiger partial charge in [0.1, 0.15) is 17.7 Å². The Morgan fingerprint density at radius 3 is 2.10 bits per heavy atom. The minimum atomic E-state index is -1.31. The number of amides is 3. The molecule has 21 heavy (non-hydrogen) atoms. The average molecular weight is 303 g/mol. The Hall–Kier alpha value is -2.32. The third-order valence-electron chi connectivity index (χ3n) is 2.14. The number of aliphatic carboxylic acids is 1. The third kappa shape index (κ3) is 8.45. The highest BCUT2D eigenvalue weighted by atomic mass is 16.6. The molecule has 0 radical (unpaired) electrons. The van der Waals surface area contributed by atoms with Crippen molar-refractivity contribution >= 4 is 23.9 Å². The van der Waals surface area contributed by atoms with Gasteiger partial charge in [-0.3, -0.25) is 14.4 Å². The summed E-state index contributed by atoms with van der Waals surface area (Å²) in [6.45, 7) is 6.13. The molecule has 9 nitrogen and oxygen atoms in total. The maximum atomic E-state index is 11.8. The predicted octanol–water partition coefficient (Wildman–Crippen LogP) is -0.656. The number of ether oxygens (including phenoxy) is 1. The van der Waals surface area contributed by atoms with Gasteiger partial charge in [0.15, 0.2) is 0 Å². The van der Waals surface area contributed by atoms with Crippen molar-refractivity contribution < 1.29 is 29.0 Å². The lowest BCUT2D eigenvalue weighted by Gasteiger charge is -2.23. The quantitative estimate of drug-likeness (QED) is 0.512. The molecule has 0 spiro atoms. The molecule has 0 aromatic rings. The van der Waals surface area contributed by atoms with E-state index in [1.807, 2.05) is 0 Å². The smallest absolute Gasteiger partial charge is 0.408 e. The van der Waals surface area contributed by atoms with Gasteiger partial charge in [0.2, 0.25) is 11.8 Å². The van der Waals surface area contributed by atoms with Gasteiger partial charge in [-0.05, 0) is 27.7 Å². The van der Waals surface area contributed by atoms with E-state index in [9.17, 15) is 19.2 Å². The van der Waals surface area contributed by atoms with Crippen molar-refractivity contribution in [3.8, 4) is 0 Å². The van der Waals surface area contributed by atoms with Gasteiger partial charge in [0.05, 0.1) is 6.42 Å². The standard InChI is InChI=1S/C12H21N3O6/c1-6(10(18)19)14-9(17)7(5-8(13)16)15-11(20)21-12(2,3)4/h6-7H,5H2,1-4H3,(H2,13,16)(H,14,17)(H,15,20)(H,18,19)/t6-,7+/m0/s1. The Labute approximate surface area is 122 Å². The van der Waals surface area contributed by atoms with E-state index in [0.29, 0.717) is 0 Å². The fourth-order valence-corrected chi connectivity index (χ4v) is 1.24. The Kier molecular flexibility index (Phi) is 6.64. The number of alkyl carbamates (subject to hydrolysis) is 1. The zero-order valence-corrected chi connectivity index (χ0v) is 12.4. The van der Waals surface area contributed by atoms with E-state index < -0.39 is 48.0 Å². The summed E-state index contributed by atoms with van der Waals surface area (Å²) >= 11 is 0. The van der Waals surface area contributed by atoms with Crippen LogP contribution < -0.4 is 16.4 Å². The first-order valence-electron chi connectivity index (χ1n) is 6.23. The zero-order valence-electron chi connectivity index (χ0n) is 12.4. The largest absolute Gasteiger partial charge is 0.480 e. The maximum absolute atomic E-state index is 11.8. The summed E-state index contributed by atoms with van der Waals surface area (Å²) in [4.78, 5) is 45.0. The Morgan fingerprint density at radius 1 is 1.19 bits per heavy atom. The van der Waals surface area contributed by atoms with E-state index in [1.54, 1.807) is 20.8 Å². The zero-order chi connectivity index (χ0) is 16.8. The van der Waals surface area contributed by atoms with Crippen LogP contribution in [0.2, 0.25) is 0 Å². The molecule has 9 heteroatoms. The molecule has 0 saturated heterocycles. The van der Waals surface area contributed by atoms with Crippen molar-refractivity contribution in [1.82, 2.24) is 10.6 Å². The Morgan fingerprint density at radius 2 is 1.71 bits per heavy atom. The van der Waals surface area contributed by atoms with E-state index >= 15 is 0 Å². The van der Waals surface area contributed by atoms with Crippen LogP contribution in [0.25, 0.3) is 0 Å². The highest BCUT2D eigenvalue weighted by Gasteiger charge is 2.27. The van der Waals surface area contributed by atoms with E-state index in [2.05, 4.69) is 10.6 Å². The summed E-state index contributed by atoms with van der Waals surface area (Å²) < 4.78 is 4.95. The van der Waals surface area contributed by atoms with E-state index in [-0.39, 0.29) is 0 Å². The lowest BCUT2D eigenvalue weighted by molar-refractivity contribution is -0.141. The fourth-order valence-electron chi connectivity index (χ4n) is 1.24. The summed E-state index contributed by atoms with van der Waals surface area (Å²) in [6, 6.07) is -2.48. The van der Waals surface area contributed by atoms with Crippen LogP contribution in [-0.4, -0.2) is 46.7 Å². The number of hydrogen-bond acceptors (Lipinski definition) is 5. The first-order valence-corrected chi connectivity index (χ1v) is 6.23. The van der Waals surface area contributed by atoms with Gasteiger partial charge < -0.3 is 26.2 Å². The van der Waals surface area contributed by atoms with Gasteiger partial charge >= 0.3 is 12.1 Å². The molecule has 3 amide bonds. The highest BCUT2D eigenvalue weighted by molar-refractivity contribution is 5.92. The van der Waals surface area contributed by atoms with Gasteiger partial charge in [-0.25, -0.2) is 4.79 Å². The molecular weight excluding hydrogens is 282 g/mol. The van der Waals surface area contributed by atoms with Crippen LogP contribution in [0, 0.1) is 0 Å². The fraction of sp³-hybridized carbons (Fsp3) is 0.667. The minimum Gasteiger partial charge on any atom is -0.480 e. The monoisotopic (exact) mass is 303 g/mol. The molecule has 0 aliphatic carbocycles. The number of nitrogens with one attached hydrogen (secondary N) is 2. The van der Waals surface area contributed by atoms with Crippen molar-refractivity contribution in [3.05, 3.63) is 0 Å². The topological polar surface area (TPSA) is 148 Å². The second kappa shape index (κ2) is 7.46. The van der Waals surface area contributed by atoms with Crippen LogP contribution >= 0.6 is 0 Å². The second-order valence-electron chi connectivity index (χ2n) is 5.44. The molecule has 0 aromatic heterocycles. The molecular formula is C12H21N3O6. The van der Waals surface area contributed by atoms with Crippen molar-refractivity contribution in [1.29, 1.82) is 0 Å². The predicted molar refractivity (Wildman–Crippen MR) is 72.2 cm³/mol. The van der Waals surface area contributed by atoms with Crippen LogP contribution in [0.3, 0.4) is 0 Å². The number of hydrogen-bond donors (Lipinski definition) is 4. The molecule has 0 heterocycles. The summed E-state index contributed by atoms with van der Waals surface area (Å²) in [5.74, 6) is -2.91. The molecule has 5 N–H and O–H groups in total. The summed E-state index contributed by atoms with van der Waals surface area (Å²) in [7, 11) is 0. The average Bonchev–Trinajstić information content (AvgIpc) is 2.24. The number of carboxylic acids is 1. The van der Waals surface area contributed by atoms with Crippen LogP contribution in [0.1, 0.15) is 34.1 Å². The third-order valence-corrected chi connectivity index (χ3v) is 2.14. The van der Waals surface area contributed by atoms with Crippen molar-refractivity contribution in [3.63, 3.8) is 0 Å². The lowest BCUT2D eigenvalue weighted by Crippen LogP contribution is -2.52. The molecule has 0 aliphatic heterocycles. The van der Waals surface area contributed by atoms with Gasteiger partial charge in [-0.1, -0.05) is 0 Å². The molecule has 0 unspecified atom stereocenters. The van der Waals surface area contributed by atoms with Crippen LogP contribution in [0.4, 0.5) is 4.79 Å². The second-order valence-corrected chi connectivity index (χ2v) is 5.44. The molecule has 0 aliphatic rings. The SMILES string of the molecule is C[C@H](NC(=O)[C@@H](CC(N)=O)NC(=O)OC(C)(C)C)C(=O)O. The van der Waals surface area contributed by atoms with Gasteiger partial charge in [0, 0.05) is 0 Å². The molecule has 120 valence electrons. The van der Waals surface area contributed by atoms with Crippen molar-refractivity contribution in [2.75, 3.05) is 0 Å². The summed E-state index contributed by atoms with van der Waals surface area (Å²) in [5.41, 5.74) is 4.21. The number of rotatable bonds is 6. The number of carbonyl (C=O) groups is 4. The first kappa shape index (κ1) is 18.7. The summed E-state index contributed by atoms with van der Waals surface area (Å²) in [5, 5.41) is 13.0. The van der Waals surface area contributed by atoms with Crippen LogP contribution in [0.15, 0.2) is 0 Å². The number of primary amides is 1. The molecule has 0 bridgehead atoms. The normalized spacial score (nSPS) is 13.7. The molecule has 0 aromatic carbocycles. The Balaban J connectivity index is 4.79. The van der Waals surface area contributed by atoms with Crippen molar-refractivity contribution in [2.24, 2.45) is 5.73 Å². The number of carbonyl (C=O) groups excluding carboxylic acids is 3. The summed E-state index contributed by atoms with van der Waals surface area (Å²) in [6.07, 6.45) is -1.39. The molecule has 0 rings (SSSR count). The van der Waals surface area contributed by atoms with E-state index in [0.717, 1.165) is 0 Å². The van der Waals surface area contributed by atoms with Gasteiger partial charge in [-0.2, -0.15) is 0 Å². The number of nitrogens with two attached hydrogens (primary N) is 1. The first-order chi connectivity index (χ1) is 9.42. The van der Waals surface area contributed by atoms with Crippen molar-refractivity contribution in [2.45, 2.75) is 51.8 Å². The van der Waals surface area contributed by atoms with E-state index in [1.165, 1.54) is 6.92 Å². The molecule has 2 atom stereocenters. The highest BCUT2D eigenvalue weighted by Crippen LogP contribution is 2.07. The number of carboxylic acid groups (broad SMARTS) is 1. The minimum absolute atomic E-state index is 0.475. The van der Waals surface area contributed by atoms with Crippen LogP contribution in [0.5, 0.6) is 0 Å². The molecule has 0 fully saturated rings. The Bertz CT molecular complexity index is 429. The maximum Gasteiger partial charge on any atom is 0.408 e.